The topological polar surface area (TPSA) is 192 Å². The van der Waals surface area contributed by atoms with Crippen LogP contribution in [0.3, 0.4) is 0 Å². The van der Waals surface area contributed by atoms with Crippen molar-refractivity contribution in [1.82, 2.24) is 0 Å². The Balaban J connectivity index is 0.000000267. The number of aliphatic hydroxyl groups is 4. The molecule has 4 atom stereocenters. The van der Waals surface area contributed by atoms with Gasteiger partial charge in [-0.05, 0) is 246 Å². The third-order valence-corrected chi connectivity index (χ3v) is 16.1. The van der Waals surface area contributed by atoms with Gasteiger partial charge in [0, 0.05) is 0 Å². The van der Waals surface area contributed by atoms with Gasteiger partial charge in [0.15, 0.2) is 46.0 Å². The normalized spacial score (nSPS) is 14.1. The predicted octanol–water partition coefficient (Wildman–Crippen LogP) is 16.7. The molecule has 8 aromatic rings. The highest BCUT2D eigenvalue weighted by atomic mass is 16.5. The van der Waals surface area contributed by atoms with Crippen LogP contribution in [0.5, 0.6) is 69.0 Å². The molecule has 0 bridgehead atoms. The van der Waals surface area contributed by atoms with E-state index in [0.29, 0.717) is 48.7 Å². The highest BCUT2D eigenvalue weighted by Gasteiger charge is 2.13. The van der Waals surface area contributed by atoms with Crippen molar-refractivity contribution in [3.05, 3.63) is 214 Å². The maximum absolute atomic E-state index is 10.1. The molecule has 0 heterocycles. The molecule has 0 aliphatic carbocycles. The van der Waals surface area contributed by atoms with E-state index in [2.05, 4.69) is 0 Å². The second kappa shape index (κ2) is 47.3. The van der Waals surface area contributed by atoms with Gasteiger partial charge in [-0.2, -0.15) is 0 Å². The van der Waals surface area contributed by atoms with Crippen LogP contribution < -0.4 is 56.8 Å². The van der Waals surface area contributed by atoms with Crippen molar-refractivity contribution >= 4 is 0 Å². The minimum absolute atomic E-state index is 0.204. The van der Waals surface area contributed by atoms with Crippen molar-refractivity contribution in [2.45, 2.75) is 155 Å². The lowest BCUT2D eigenvalue weighted by Crippen LogP contribution is -2.17. The van der Waals surface area contributed by atoms with Gasteiger partial charge in [-0.25, -0.2) is 0 Å². The number of aryl methyl sites for hydroxylation is 8. The fraction of sp³-hybridized carbons (Fsp3) is 0.429. The van der Waals surface area contributed by atoms with Crippen molar-refractivity contribution in [3.63, 3.8) is 0 Å². The number of methoxy groups -OCH3 is 8. The summed E-state index contributed by atoms with van der Waals surface area (Å²) >= 11 is 0. The molecule has 0 amide bonds. The molecule has 0 aliphatic heterocycles. The number of rotatable bonds is 40. The number of aliphatic hydroxyl groups excluding tert-OH is 4. The molecule has 100 heavy (non-hydrogen) atoms. The third-order valence-electron chi connectivity index (χ3n) is 16.1. The van der Waals surface area contributed by atoms with Crippen molar-refractivity contribution in [3.8, 4) is 69.0 Å². The Hall–Kier alpha value is -8.80. The minimum atomic E-state index is -2.52. The maximum Gasteiger partial charge on any atom is 0.160 e. The molecular weight excluding hydrogens is 1260 g/mol. The molecule has 4 unspecified atom stereocenters. The molecule has 0 spiro atoms. The van der Waals surface area contributed by atoms with Gasteiger partial charge in [-0.3, -0.25) is 0 Å². The van der Waals surface area contributed by atoms with E-state index in [1.54, 1.807) is 48.5 Å². The largest absolute Gasteiger partial charge is 0.493 e. The summed E-state index contributed by atoms with van der Waals surface area (Å²) in [6.07, 6.45) is 10.5. The molecule has 544 valence electrons. The van der Waals surface area contributed by atoms with Gasteiger partial charge in [-0.15, -0.1) is 0 Å². The second-order valence-corrected chi connectivity index (χ2v) is 24.5. The molecule has 8 aromatic carbocycles. The van der Waals surface area contributed by atoms with Crippen LogP contribution in [-0.2, 0) is 25.7 Å². The van der Waals surface area contributed by atoms with Gasteiger partial charge in [0.2, 0.25) is 0 Å². The Morgan fingerprint density at radius 1 is 0.270 bits per heavy atom. The molecule has 0 aromatic heterocycles. The summed E-state index contributed by atoms with van der Waals surface area (Å²) in [4.78, 5) is 0. The van der Waals surface area contributed by atoms with Crippen LogP contribution in [0.25, 0.3) is 0 Å². The summed E-state index contributed by atoms with van der Waals surface area (Å²) in [5.41, 5.74) is 8.47. The lowest BCUT2D eigenvalue weighted by atomic mass is 10.0. The monoisotopic (exact) mass is 1390 g/mol. The van der Waals surface area contributed by atoms with E-state index < -0.39 is 52.6 Å². The average Bonchev–Trinajstić information content (AvgIpc) is 0.859. The van der Waals surface area contributed by atoms with Gasteiger partial charge >= 0.3 is 0 Å². The molecule has 0 radical (unpaired) electrons. The fourth-order valence-corrected chi connectivity index (χ4v) is 10.6. The molecule has 8 rings (SSSR count). The smallest absolute Gasteiger partial charge is 0.160 e. The first-order valence-corrected chi connectivity index (χ1v) is 34.0. The molecule has 0 saturated heterocycles. The molecule has 0 aliphatic rings. The van der Waals surface area contributed by atoms with E-state index in [9.17, 15) is 20.4 Å². The minimum Gasteiger partial charge on any atom is -0.493 e. The zero-order chi connectivity index (χ0) is 82.3. The van der Waals surface area contributed by atoms with Crippen LogP contribution in [0.1, 0.15) is 138 Å². The zero-order valence-electron chi connectivity index (χ0n) is 71.3. The summed E-state index contributed by atoms with van der Waals surface area (Å²) in [7, 11) is -4.15. The average molecular weight is 1390 g/mol. The maximum atomic E-state index is 10.1. The highest BCUT2D eigenvalue weighted by molar-refractivity contribution is 5.46. The first-order chi connectivity index (χ1) is 53.1. The van der Waals surface area contributed by atoms with Crippen LogP contribution in [0.4, 0.5) is 0 Å². The highest BCUT2D eigenvalue weighted by Crippen LogP contribution is 2.32. The standard InChI is InChI=1S/4C21H28O4/c4*1-16-7-6-10-19(13-16)25-15-18(22)9-5-4-8-17-11-12-20(23-2)21(14-17)24-3/h4*6-7,10-14,18,22H,4-5,8-9,15H2,1-3H3/i2*3D3;2*2D3. The van der Waals surface area contributed by atoms with Crippen molar-refractivity contribution in [2.24, 2.45) is 0 Å². The molecule has 16 heteroatoms. The number of unbranched alkanes of at least 4 members (excludes halogenated alkanes) is 4. The van der Waals surface area contributed by atoms with Crippen LogP contribution in [0.2, 0.25) is 0 Å². The Bertz CT molecular complexity index is 3750. The first-order valence-electron chi connectivity index (χ1n) is 40.0. The quantitative estimate of drug-likeness (QED) is 0.0265. The van der Waals surface area contributed by atoms with Gasteiger partial charge in [0.25, 0.3) is 0 Å². The Kier molecular flexibility index (Phi) is 30.5. The van der Waals surface area contributed by atoms with Crippen LogP contribution in [-0.4, -0.2) is 128 Å². The lowest BCUT2D eigenvalue weighted by molar-refractivity contribution is 0.0976. The summed E-state index contributed by atoms with van der Waals surface area (Å²) in [6, 6.07) is 52.1. The molecule has 0 fully saturated rings. The van der Waals surface area contributed by atoms with E-state index in [-0.39, 0.29) is 49.4 Å². The third kappa shape index (κ3) is 32.0. The van der Waals surface area contributed by atoms with Crippen LogP contribution in [0.15, 0.2) is 170 Å². The summed E-state index contributed by atoms with van der Waals surface area (Å²) in [5.74, 6) is 5.49. The lowest BCUT2D eigenvalue weighted by Gasteiger charge is -2.13. The van der Waals surface area contributed by atoms with Crippen molar-refractivity contribution in [2.75, 3.05) is 83.0 Å². The second-order valence-electron chi connectivity index (χ2n) is 24.5. The van der Waals surface area contributed by atoms with E-state index in [1.165, 1.54) is 28.4 Å². The molecule has 16 nitrogen and oxygen atoms in total. The fourth-order valence-electron chi connectivity index (χ4n) is 10.6. The Morgan fingerprint density at radius 2 is 0.490 bits per heavy atom. The first kappa shape index (κ1) is 64.6. The van der Waals surface area contributed by atoms with Crippen LogP contribution >= 0.6 is 0 Å². The van der Waals surface area contributed by atoms with Gasteiger partial charge in [-0.1, -0.05) is 98.5 Å². The van der Waals surface area contributed by atoms with Crippen molar-refractivity contribution < 1.29 is 93.7 Å². The van der Waals surface area contributed by atoms with E-state index >= 15 is 0 Å². The number of ether oxygens (including phenoxy) is 12. The number of hydrogen-bond donors (Lipinski definition) is 4. The zero-order valence-corrected chi connectivity index (χ0v) is 59.3. The van der Waals surface area contributed by atoms with Crippen molar-refractivity contribution in [1.29, 1.82) is 0 Å². The Morgan fingerprint density at radius 3 is 0.710 bits per heavy atom. The molecule has 4 N–H and O–H groups in total. The predicted molar refractivity (Wildman–Crippen MR) is 399 cm³/mol. The van der Waals surface area contributed by atoms with E-state index in [1.807, 2.05) is 149 Å². The summed E-state index contributed by atoms with van der Waals surface area (Å²) in [6.45, 7) is 9.08. The Labute approximate surface area is 612 Å². The van der Waals surface area contributed by atoms with Gasteiger partial charge in [0.1, 0.15) is 49.4 Å². The van der Waals surface area contributed by atoms with Gasteiger partial charge < -0.3 is 77.3 Å². The molecular formula is C84H112O16. The SMILES string of the molecule is [2H]C([2H])([2H])Oc1cc(CCCCC(O)COc2cccc(C)c2)ccc1OC.[2H]C([2H])([2H])Oc1cc(CCCCC(O)COc2cccc(C)c2)ccc1OC.[2H]C([2H])([2H])Oc1ccc(CCCCC(O)COc2cccc(C)c2)cc1OC.[2H]C([2H])([2H])Oc1ccc(CCCCC(O)COc2cccc(C)c2)cc1OC. The number of hydrogen-bond acceptors (Lipinski definition) is 16. The van der Waals surface area contributed by atoms with Gasteiger partial charge in [0.05, 0.1) is 97.5 Å². The van der Waals surface area contributed by atoms with Crippen LogP contribution in [0, 0.1) is 27.7 Å². The van der Waals surface area contributed by atoms with E-state index in [0.717, 1.165) is 145 Å². The number of benzene rings is 8. The summed E-state index contributed by atoms with van der Waals surface area (Å²) < 4.78 is 150. The molecule has 0 saturated carbocycles. The van der Waals surface area contributed by atoms with E-state index in [4.69, 9.17) is 73.3 Å². The summed E-state index contributed by atoms with van der Waals surface area (Å²) in [5, 5.41) is 40.4.